The van der Waals surface area contributed by atoms with Crippen molar-refractivity contribution in [3.05, 3.63) is 76.6 Å². The molecule has 4 rings (SSSR count). The number of nitrogens with one attached hydrogen (secondary N) is 1. The van der Waals surface area contributed by atoms with Crippen LogP contribution in [0, 0.1) is 5.82 Å². The van der Waals surface area contributed by atoms with E-state index in [4.69, 9.17) is 0 Å². The molecule has 1 aromatic carbocycles. The molecule has 1 aliphatic rings. The maximum Gasteiger partial charge on any atom is 0.433 e. The van der Waals surface area contributed by atoms with Crippen molar-refractivity contribution in [3.63, 3.8) is 0 Å². The first-order valence-corrected chi connectivity index (χ1v) is 9.88. The number of pyridine rings is 1. The van der Waals surface area contributed by atoms with Gasteiger partial charge in [0.15, 0.2) is 0 Å². The Bertz CT molecular complexity index is 1180. The predicted molar refractivity (Wildman–Crippen MR) is 107 cm³/mol. The number of aliphatic hydroxyl groups is 1. The SMILES string of the molecule is CC(C)(O)c1cc(F)cc(C(=O)NC2CCc3nn(-c4ccnc(C(F)(F)F)c4)cc32)c1. The summed E-state index contributed by atoms with van der Waals surface area (Å²) in [6.07, 6.45) is -0.842. The average Bonchev–Trinajstić information content (AvgIpc) is 3.28. The molecule has 0 fully saturated rings. The van der Waals surface area contributed by atoms with E-state index in [0.717, 1.165) is 18.3 Å². The van der Waals surface area contributed by atoms with Gasteiger partial charge < -0.3 is 10.4 Å². The van der Waals surface area contributed by atoms with Crippen molar-refractivity contribution >= 4 is 5.91 Å². The van der Waals surface area contributed by atoms with E-state index < -0.39 is 35.2 Å². The van der Waals surface area contributed by atoms with E-state index in [-0.39, 0.29) is 16.8 Å². The number of alkyl halides is 3. The minimum Gasteiger partial charge on any atom is -0.386 e. The van der Waals surface area contributed by atoms with Crippen LogP contribution in [0.15, 0.2) is 42.7 Å². The van der Waals surface area contributed by atoms with E-state index >= 15 is 0 Å². The summed E-state index contributed by atoms with van der Waals surface area (Å²) in [6.45, 7) is 2.98. The number of nitrogens with zero attached hydrogens (tertiary/aromatic N) is 3. The first kappa shape index (κ1) is 21.9. The predicted octanol–water partition coefficient (Wildman–Crippen LogP) is 4.07. The van der Waals surface area contributed by atoms with Gasteiger partial charge in [-0.15, -0.1) is 0 Å². The number of carbonyl (C=O) groups excluding carboxylic acids is 1. The Labute approximate surface area is 180 Å². The number of benzene rings is 1. The highest BCUT2D eigenvalue weighted by molar-refractivity contribution is 5.94. The number of hydrogen-bond acceptors (Lipinski definition) is 4. The van der Waals surface area contributed by atoms with Gasteiger partial charge in [-0.2, -0.15) is 18.3 Å². The summed E-state index contributed by atoms with van der Waals surface area (Å²) in [5.74, 6) is -1.17. The normalized spacial score (nSPS) is 16.2. The molecule has 32 heavy (non-hydrogen) atoms. The fraction of sp³-hybridized carbons (Fsp3) is 0.318. The van der Waals surface area contributed by atoms with Gasteiger partial charge in [-0.3, -0.25) is 9.78 Å². The van der Waals surface area contributed by atoms with E-state index in [1.165, 1.54) is 36.7 Å². The van der Waals surface area contributed by atoms with E-state index in [9.17, 15) is 27.5 Å². The highest BCUT2D eigenvalue weighted by Crippen LogP contribution is 2.33. The van der Waals surface area contributed by atoms with Crippen LogP contribution in [-0.4, -0.2) is 25.8 Å². The maximum atomic E-state index is 14.0. The van der Waals surface area contributed by atoms with Crippen molar-refractivity contribution in [2.75, 3.05) is 0 Å². The molecule has 0 saturated carbocycles. The zero-order valence-corrected chi connectivity index (χ0v) is 17.2. The van der Waals surface area contributed by atoms with Crippen molar-refractivity contribution in [1.82, 2.24) is 20.1 Å². The molecule has 0 saturated heterocycles. The Kier molecular flexibility index (Phi) is 5.28. The summed E-state index contributed by atoms with van der Waals surface area (Å²) in [5.41, 5.74) is -0.470. The van der Waals surface area contributed by atoms with Gasteiger partial charge in [0, 0.05) is 23.5 Å². The molecule has 1 aliphatic carbocycles. The number of amides is 1. The Morgan fingerprint density at radius 2 is 1.97 bits per heavy atom. The van der Waals surface area contributed by atoms with Crippen LogP contribution in [0.25, 0.3) is 5.69 Å². The lowest BCUT2D eigenvalue weighted by molar-refractivity contribution is -0.141. The number of halogens is 4. The van der Waals surface area contributed by atoms with Gasteiger partial charge in [-0.1, -0.05) is 0 Å². The average molecular weight is 448 g/mol. The first-order valence-electron chi connectivity index (χ1n) is 9.88. The molecule has 0 aliphatic heterocycles. The van der Waals surface area contributed by atoms with Crippen LogP contribution in [0.1, 0.15) is 59.2 Å². The minimum atomic E-state index is -4.57. The van der Waals surface area contributed by atoms with Gasteiger partial charge >= 0.3 is 6.18 Å². The van der Waals surface area contributed by atoms with E-state index in [1.54, 1.807) is 6.20 Å². The van der Waals surface area contributed by atoms with Crippen molar-refractivity contribution < 1.29 is 27.5 Å². The van der Waals surface area contributed by atoms with Crippen molar-refractivity contribution in [1.29, 1.82) is 0 Å². The third-order valence-electron chi connectivity index (χ3n) is 5.34. The zero-order valence-electron chi connectivity index (χ0n) is 17.2. The lowest BCUT2D eigenvalue weighted by Gasteiger charge is -2.19. The number of carbonyl (C=O) groups is 1. The second-order valence-electron chi connectivity index (χ2n) is 8.23. The molecule has 0 radical (unpaired) electrons. The topological polar surface area (TPSA) is 80.0 Å². The van der Waals surface area contributed by atoms with E-state index in [1.807, 2.05) is 0 Å². The Morgan fingerprint density at radius 1 is 1.22 bits per heavy atom. The first-order chi connectivity index (χ1) is 14.9. The second-order valence-corrected chi connectivity index (χ2v) is 8.23. The monoisotopic (exact) mass is 448 g/mol. The number of aromatic nitrogens is 3. The molecule has 2 N–H and O–H groups in total. The van der Waals surface area contributed by atoms with E-state index in [2.05, 4.69) is 15.4 Å². The highest BCUT2D eigenvalue weighted by Gasteiger charge is 2.33. The fourth-order valence-electron chi connectivity index (χ4n) is 3.66. The van der Waals surface area contributed by atoms with Crippen LogP contribution < -0.4 is 5.32 Å². The van der Waals surface area contributed by atoms with E-state index in [0.29, 0.717) is 24.1 Å². The van der Waals surface area contributed by atoms with Crippen LogP contribution in [0.3, 0.4) is 0 Å². The standard InChI is InChI=1S/C22H20F4N4O2/c1-21(2,32)13-7-12(8-14(23)9-13)20(31)28-17-3-4-18-16(17)11-30(29-18)15-5-6-27-19(10-15)22(24,25)26/h5-11,17,32H,3-4H2,1-2H3,(H,28,31). The third kappa shape index (κ3) is 4.36. The van der Waals surface area contributed by atoms with Gasteiger partial charge in [-0.05, 0) is 62.6 Å². The Balaban J connectivity index is 1.57. The summed E-state index contributed by atoms with van der Waals surface area (Å²) < 4.78 is 54.2. The molecule has 1 unspecified atom stereocenters. The summed E-state index contributed by atoms with van der Waals surface area (Å²) >= 11 is 0. The van der Waals surface area contributed by atoms with Crippen molar-refractivity contribution in [3.8, 4) is 5.69 Å². The fourth-order valence-corrected chi connectivity index (χ4v) is 3.66. The van der Waals surface area contributed by atoms with Gasteiger partial charge in [0.2, 0.25) is 0 Å². The third-order valence-corrected chi connectivity index (χ3v) is 5.34. The quantitative estimate of drug-likeness (QED) is 0.590. The van der Waals surface area contributed by atoms with Crippen LogP contribution in [-0.2, 0) is 18.2 Å². The van der Waals surface area contributed by atoms with Gasteiger partial charge in [-0.25, -0.2) is 9.07 Å². The number of fused-ring (bicyclic) bond motifs is 1. The number of aryl methyl sites for hydroxylation is 1. The molecule has 3 aromatic rings. The summed E-state index contributed by atoms with van der Waals surface area (Å²) in [6, 6.07) is 5.56. The second kappa shape index (κ2) is 7.70. The van der Waals surface area contributed by atoms with Gasteiger partial charge in [0.25, 0.3) is 5.91 Å². The Morgan fingerprint density at radius 3 is 2.66 bits per heavy atom. The smallest absolute Gasteiger partial charge is 0.386 e. The van der Waals surface area contributed by atoms with Crippen LogP contribution >= 0.6 is 0 Å². The molecule has 2 aromatic heterocycles. The van der Waals surface area contributed by atoms with Crippen LogP contribution in [0.5, 0.6) is 0 Å². The summed E-state index contributed by atoms with van der Waals surface area (Å²) in [5, 5.41) is 17.3. The molecule has 168 valence electrons. The largest absolute Gasteiger partial charge is 0.433 e. The lowest BCUT2D eigenvalue weighted by Crippen LogP contribution is -2.28. The molecule has 0 spiro atoms. The lowest BCUT2D eigenvalue weighted by atomic mass is 9.96. The number of hydrogen-bond donors (Lipinski definition) is 2. The molecule has 2 heterocycles. The van der Waals surface area contributed by atoms with Gasteiger partial charge in [0.1, 0.15) is 11.5 Å². The molecule has 1 atom stereocenters. The molecule has 6 nitrogen and oxygen atoms in total. The maximum absolute atomic E-state index is 14.0. The van der Waals surface area contributed by atoms with Crippen molar-refractivity contribution in [2.24, 2.45) is 0 Å². The highest BCUT2D eigenvalue weighted by atomic mass is 19.4. The number of rotatable bonds is 4. The Hall–Kier alpha value is -3.27. The molecule has 1 amide bonds. The molecular formula is C22H20F4N4O2. The molecular weight excluding hydrogens is 428 g/mol. The summed E-state index contributed by atoms with van der Waals surface area (Å²) in [7, 11) is 0. The van der Waals surface area contributed by atoms with Gasteiger partial charge in [0.05, 0.1) is 23.0 Å². The minimum absolute atomic E-state index is 0.0620. The zero-order chi connectivity index (χ0) is 23.3. The molecule has 10 heteroatoms. The van der Waals surface area contributed by atoms with Crippen LogP contribution in [0.2, 0.25) is 0 Å². The molecule has 0 bridgehead atoms. The van der Waals surface area contributed by atoms with Crippen LogP contribution in [0.4, 0.5) is 17.6 Å². The summed E-state index contributed by atoms with van der Waals surface area (Å²) in [4.78, 5) is 16.1. The van der Waals surface area contributed by atoms with Crippen molar-refractivity contribution in [2.45, 2.75) is 44.5 Å².